The second kappa shape index (κ2) is 5.84. The van der Waals surface area contributed by atoms with Crippen LogP contribution in [0.5, 0.6) is 0 Å². The molecule has 0 aliphatic rings. The number of hydrogen-bond acceptors (Lipinski definition) is 3. The Bertz CT molecular complexity index is 643. The molecule has 0 aliphatic carbocycles. The molecular formula is C15H16ClN3O. The third kappa shape index (κ3) is 3.22. The van der Waals surface area contributed by atoms with Crippen LogP contribution in [0.3, 0.4) is 0 Å². The molecule has 104 valence electrons. The maximum absolute atomic E-state index is 11.4. The van der Waals surface area contributed by atoms with E-state index in [0.717, 1.165) is 5.56 Å². The molecule has 2 aromatic carbocycles. The van der Waals surface area contributed by atoms with Crippen molar-refractivity contribution in [3.05, 3.63) is 58.6 Å². The summed E-state index contributed by atoms with van der Waals surface area (Å²) < 4.78 is 0. The third-order valence-corrected chi connectivity index (χ3v) is 3.26. The van der Waals surface area contributed by atoms with Crippen LogP contribution in [-0.2, 0) is 0 Å². The number of nitrogens with two attached hydrogens (primary N) is 2. The van der Waals surface area contributed by atoms with Gasteiger partial charge in [0.25, 0.3) is 5.91 Å². The van der Waals surface area contributed by atoms with Gasteiger partial charge in [0.15, 0.2) is 0 Å². The molecule has 1 unspecified atom stereocenters. The molecule has 0 saturated carbocycles. The van der Waals surface area contributed by atoms with Crippen LogP contribution >= 0.6 is 11.6 Å². The van der Waals surface area contributed by atoms with Gasteiger partial charge in [0.05, 0.1) is 5.56 Å². The van der Waals surface area contributed by atoms with Crippen LogP contribution in [0.2, 0.25) is 5.02 Å². The summed E-state index contributed by atoms with van der Waals surface area (Å²) in [5.74, 6) is -0.496. The summed E-state index contributed by atoms with van der Waals surface area (Å²) in [4.78, 5) is 11.4. The SMILES string of the molecule is CC(Nc1cc(Cl)ccc1C(N)=O)c1cccc(N)c1. The van der Waals surface area contributed by atoms with Gasteiger partial charge >= 0.3 is 0 Å². The largest absolute Gasteiger partial charge is 0.399 e. The zero-order valence-corrected chi connectivity index (χ0v) is 11.8. The molecule has 2 aromatic rings. The van der Waals surface area contributed by atoms with E-state index < -0.39 is 5.91 Å². The van der Waals surface area contributed by atoms with E-state index in [9.17, 15) is 4.79 Å². The average Bonchev–Trinajstić information content (AvgIpc) is 2.38. The van der Waals surface area contributed by atoms with Gasteiger partial charge < -0.3 is 16.8 Å². The van der Waals surface area contributed by atoms with Crippen molar-refractivity contribution < 1.29 is 4.79 Å². The molecule has 0 aliphatic heterocycles. The second-order valence-electron chi connectivity index (χ2n) is 4.59. The molecule has 20 heavy (non-hydrogen) atoms. The minimum atomic E-state index is -0.496. The first-order chi connectivity index (χ1) is 9.47. The predicted molar refractivity (Wildman–Crippen MR) is 82.9 cm³/mol. The zero-order chi connectivity index (χ0) is 14.7. The van der Waals surface area contributed by atoms with E-state index >= 15 is 0 Å². The monoisotopic (exact) mass is 289 g/mol. The average molecular weight is 290 g/mol. The molecule has 0 spiro atoms. The molecular weight excluding hydrogens is 274 g/mol. The van der Waals surface area contributed by atoms with Crippen molar-refractivity contribution in [3.63, 3.8) is 0 Å². The topological polar surface area (TPSA) is 81.1 Å². The fourth-order valence-corrected chi connectivity index (χ4v) is 2.17. The van der Waals surface area contributed by atoms with E-state index in [0.29, 0.717) is 22.0 Å². The van der Waals surface area contributed by atoms with Crippen molar-refractivity contribution in [1.29, 1.82) is 0 Å². The Labute approximate surface area is 122 Å². The van der Waals surface area contributed by atoms with Crippen LogP contribution in [0.15, 0.2) is 42.5 Å². The van der Waals surface area contributed by atoms with Crippen LogP contribution in [-0.4, -0.2) is 5.91 Å². The molecule has 0 radical (unpaired) electrons. The first kappa shape index (κ1) is 14.2. The number of carbonyl (C=O) groups is 1. The predicted octanol–water partition coefficient (Wildman–Crippen LogP) is 3.19. The van der Waals surface area contributed by atoms with Crippen LogP contribution in [0.1, 0.15) is 28.9 Å². The van der Waals surface area contributed by atoms with E-state index in [1.807, 2.05) is 31.2 Å². The Morgan fingerprint density at radius 3 is 2.65 bits per heavy atom. The second-order valence-corrected chi connectivity index (χ2v) is 5.03. The molecule has 4 nitrogen and oxygen atoms in total. The highest BCUT2D eigenvalue weighted by atomic mass is 35.5. The normalized spacial score (nSPS) is 11.9. The third-order valence-electron chi connectivity index (χ3n) is 3.03. The van der Waals surface area contributed by atoms with Crippen LogP contribution in [0.4, 0.5) is 11.4 Å². The van der Waals surface area contributed by atoms with Crippen molar-refractivity contribution in [2.45, 2.75) is 13.0 Å². The molecule has 2 rings (SSSR count). The first-order valence-electron chi connectivity index (χ1n) is 6.18. The van der Waals surface area contributed by atoms with Gasteiger partial charge in [-0.05, 0) is 42.8 Å². The first-order valence-corrected chi connectivity index (χ1v) is 6.56. The Morgan fingerprint density at radius 1 is 1.25 bits per heavy atom. The van der Waals surface area contributed by atoms with Gasteiger partial charge in [-0.15, -0.1) is 0 Å². The van der Waals surface area contributed by atoms with Gasteiger partial charge in [-0.25, -0.2) is 0 Å². The lowest BCUT2D eigenvalue weighted by Crippen LogP contribution is -2.16. The lowest BCUT2D eigenvalue weighted by Gasteiger charge is -2.18. The molecule has 5 N–H and O–H groups in total. The standard InChI is InChI=1S/C15H16ClN3O/c1-9(10-3-2-4-12(17)7-10)19-14-8-11(16)5-6-13(14)15(18)20/h2-9,19H,17H2,1H3,(H2,18,20). The van der Waals surface area contributed by atoms with Crippen LogP contribution in [0.25, 0.3) is 0 Å². The molecule has 5 heteroatoms. The Hall–Kier alpha value is -2.20. The number of nitrogen functional groups attached to an aromatic ring is 1. The summed E-state index contributed by atoms with van der Waals surface area (Å²) in [5, 5.41) is 3.77. The molecule has 0 aromatic heterocycles. The van der Waals surface area contributed by atoms with Gasteiger partial charge in [0, 0.05) is 22.4 Å². The number of anilines is 2. The fraction of sp³-hybridized carbons (Fsp3) is 0.133. The van der Waals surface area contributed by atoms with E-state index in [2.05, 4.69) is 5.32 Å². The number of nitrogens with one attached hydrogen (secondary N) is 1. The molecule has 1 amide bonds. The maximum Gasteiger partial charge on any atom is 0.250 e. The van der Waals surface area contributed by atoms with E-state index in [1.165, 1.54) is 0 Å². The summed E-state index contributed by atoms with van der Waals surface area (Å²) >= 11 is 5.96. The molecule has 0 saturated heterocycles. The summed E-state index contributed by atoms with van der Waals surface area (Å²) in [6.07, 6.45) is 0. The van der Waals surface area contributed by atoms with Gasteiger partial charge in [0.1, 0.15) is 0 Å². The lowest BCUT2D eigenvalue weighted by atomic mass is 10.1. The Morgan fingerprint density at radius 2 is 2.00 bits per heavy atom. The minimum Gasteiger partial charge on any atom is -0.399 e. The number of amides is 1. The minimum absolute atomic E-state index is 0.0323. The number of rotatable bonds is 4. The molecule has 0 heterocycles. The van der Waals surface area contributed by atoms with E-state index in [-0.39, 0.29) is 6.04 Å². The van der Waals surface area contributed by atoms with Crippen LogP contribution in [0, 0.1) is 0 Å². The Kier molecular flexibility index (Phi) is 4.15. The van der Waals surface area contributed by atoms with E-state index in [1.54, 1.807) is 18.2 Å². The number of benzene rings is 2. The molecule has 0 fully saturated rings. The molecule has 1 atom stereocenters. The number of primary amides is 1. The number of carbonyl (C=O) groups excluding carboxylic acids is 1. The number of halogens is 1. The summed E-state index contributed by atoms with van der Waals surface area (Å²) in [6.45, 7) is 1.97. The highest BCUT2D eigenvalue weighted by Gasteiger charge is 2.12. The fourth-order valence-electron chi connectivity index (χ4n) is 2.00. The maximum atomic E-state index is 11.4. The smallest absolute Gasteiger partial charge is 0.250 e. The van der Waals surface area contributed by atoms with Gasteiger partial charge in [-0.3, -0.25) is 4.79 Å². The van der Waals surface area contributed by atoms with Crippen molar-refractivity contribution in [2.24, 2.45) is 5.73 Å². The summed E-state index contributed by atoms with van der Waals surface area (Å²) in [6, 6.07) is 12.5. The summed E-state index contributed by atoms with van der Waals surface area (Å²) in [5.41, 5.74) is 13.9. The number of hydrogen-bond donors (Lipinski definition) is 3. The van der Waals surface area contributed by atoms with Crippen molar-refractivity contribution in [1.82, 2.24) is 0 Å². The summed E-state index contributed by atoms with van der Waals surface area (Å²) in [7, 11) is 0. The zero-order valence-electron chi connectivity index (χ0n) is 11.1. The van der Waals surface area contributed by atoms with Crippen molar-refractivity contribution in [2.75, 3.05) is 11.1 Å². The highest BCUT2D eigenvalue weighted by molar-refractivity contribution is 6.31. The van der Waals surface area contributed by atoms with Gasteiger partial charge in [-0.1, -0.05) is 23.7 Å². The molecule has 0 bridgehead atoms. The quantitative estimate of drug-likeness (QED) is 0.756. The van der Waals surface area contributed by atoms with Crippen LogP contribution < -0.4 is 16.8 Å². The Balaban J connectivity index is 2.29. The van der Waals surface area contributed by atoms with Gasteiger partial charge in [0.2, 0.25) is 0 Å². The lowest BCUT2D eigenvalue weighted by molar-refractivity contribution is 0.100. The van der Waals surface area contributed by atoms with E-state index in [4.69, 9.17) is 23.1 Å². The van der Waals surface area contributed by atoms with Gasteiger partial charge in [-0.2, -0.15) is 0 Å². The highest BCUT2D eigenvalue weighted by Crippen LogP contribution is 2.26. The van der Waals surface area contributed by atoms with Crippen molar-refractivity contribution in [3.8, 4) is 0 Å². The van der Waals surface area contributed by atoms with Crippen molar-refractivity contribution >= 4 is 28.9 Å².